The Morgan fingerprint density at radius 2 is 2.06 bits per heavy atom. The van der Waals surface area contributed by atoms with Crippen LogP contribution in [0.4, 0.5) is 0 Å². The molecule has 4 nitrogen and oxygen atoms in total. The van der Waals surface area contributed by atoms with Gasteiger partial charge in [-0.1, -0.05) is 30.0 Å². The molecule has 1 aromatic carbocycles. The summed E-state index contributed by atoms with van der Waals surface area (Å²) in [6.07, 6.45) is 3.45. The fourth-order valence-electron chi connectivity index (χ4n) is 1.55. The number of esters is 1. The summed E-state index contributed by atoms with van der Waals surface area (Å²) in [4.78, 5) is 15.8. The van der Waals surface area contributed by atoms with E-state index in [0.717, 1.165) is 10.8 Å². The van der Waals surface area contributed by atoms with Gasteiger partial charge in [0, 0.05) is 5.69 Å². The lowest BCUT2D eigenvalue weighted by Crippen LogP contribution is -2.09. The lowest BCUT2D eigenvalue weighted by atomic mass is 10.3. The maximum Gasteiger partial charge on any atom is 0.356 e. The predicted octanol–water partition coefficient (Wildman–Crippen LogP) is 2.38. The number of hydrogen-bond donors (Lipinski definition) is 0. The monoisotopic (exact) mass is 248 g/mol. The van der Waals surface area contributed by atoms with E-state index in [9.17, 15) is 4.79 Å². The first-order valence-electron chi connectivity index (χ1n) is 5.03. The maximum atomic E-state index is 11.6. The van der Waals surface area contributed by atoms with E-state index in [4.69, 9.17) is 4.74 Å². The normalized spacial score (nSPS) is 10.2. The van der Waals surface area contributed by atoms with E-state index in [1.54, 1.807) is 4.57 Å². The molecule has 0 radical (unpaired) electrons. The first kappa shape index (κ1) is 11.7. The molecule has 0 aliphatic carbocycles. The van der Waals surface area contributed by atoms with E-state index in [2.05, 4.69) is 4.98 Å². The molecule has 0 saturated heterocycles. The molecule has 0 atom stereocenters. The highest BCUT2D eigenvalue weighted by molar-refractivity contribution is 7.98. The lowest BCUT2D eigenvalue weighted by Gasteiger charge is -2.09. The summed E-state index contributed by atoms with van der Waals surface area (Å²) in [6.45, 7) is 0. The quantitative estimate of drug-likeness (QED) is 0.618. The number of imidazole rings is 1. The van der Waals surface area contributed by atoms with Crippen LogP contribution in [0, 0.1) is 0 Å². The van der Waals surface area contributed by atoms with Crippen molar-refractivity contribution in [3.63, 3.8) is 0 Å². The smallest absolute Gasteiger partial charge is 0.356 e. The van der Waals surface area contributed by atoms with Crippen molar-refractivity contribution in [3.05, 3.63) is 42.2 Å². The van der Waals surface area contributed by atoms with Crippen LogP contribution in [-0.4, -0.2) is 28.9 Å². The van der Waals surface area contributed by atoms with Crippen molar-refractivity contribution in [2.75, 3.05) is 13.4 Å². The first-order valence-corrected chi connectivity index (χ1v) is 6.26. The Kier molecular flexibility index (Phi) is 3.49. The molecule has 0 N–H and O–H groups in total. The van der Waals surface area contributed by atoms with Gasteiger partial charge in [-0.2, -0.15) is 0 Å². The van der Waals surface area contributed by atoms with E-state index in [-0.39, 0.29) is 5.97 Å². The number of benzene rings is 1. The Morgan fingerprint density at radius 1 is 1.35 bits per heavy atom. The van der Waals surface area contributed by atoms with E-state index in [1.165, 1.54) is 25.1 Å². The minimum atomic E-state index is -0.387. The van der Waals surface area contributed by atoms with Crippen molar-refractivity contribution in [3.8, 4) is 5.69 Å². The molecular formula is C12H12N2O2S. The van der Waals surface area contributed by atoms with Gasteiger partial charge in [-0.15, -0.1) is 0 Å². The Balaban J connectivity index is 2.58. The van der Waals surface area contributed by atoms with Crippen molar-refractivity contribution in [1.82, 2.24) is 9.55 Å². The molecule has 0 aliphatic heterocycles. The second kappa shape index (κ2) is 5.05. The second-order valence-electron chi connectivity index (χ2n) is 3.29. The highest BCUT2D eigenvalue weighted by Crippen LogP contribution is 2.21. The van der Waals surface area contributed by atoms with Gasteiger partial charge in [0.2, 0.25) is 0 Å². The number of para-hydroxylation sites is 1. The summed E-state index contributed by atoms with van der Waals surface area (Å²) < 4.78 is 6.54. The molecular weight excluding hydrogens is 236 g/mol. The summed E-state index contributed by atoms with van der Waals surface area (Å²) in [7, 11) is 1.36. The summed E-state index contributed by atoms with van der Waals surface area (Å²) in [5, 5.41) is 0.761. The number of rotatable bonds is 3. The molecule has 1 aromatic heterocycles. The van der Waals surface area contributed by atoms with Gasteiger partial charge in [0.15, 0.2) is 10.9 Å². The molecule has 0 fully saturated rings. The highest BCUT2D eigenvalue weighted by Gasteiger charge is 2.17. The van der Waals surface area contributed by atoms with Gasteiger partial charge in [0.25, 0.3) is 0 Å². The average molecular weight is 248 g/mol. The molecule has 88 valence electrons. The molecule has 0 amide bonds. The van der Waals surface area contributed by atoms with Gasteiger partial charge in [-0.05, 0) is 18.4 Å². The fourth-order valence-corrected chi connectivity index (χ4v) is 2.10. The molecule has 0 spiro atoms. The fraction of sp³-hybridized carbons (Fsp3) is 0.167. The van der Waals surface area contributed by atoms with Gasteiger partial charge in [0.05, 0.1) is 13.3 Å². The summed E-state index contributed by atoms with van der Waals surface area (Å²) >= 11 is 1.48. The molecule has 0 bridgehead atoms. The third-order valence-corrected chi connectivity index (χ3v) is 2.97. The average Bonchev–Trinajstić information content (AvgIpc) is 2.82. The molecule has 2 rings (SSSR count). The topological polar surface area (TPSA) is 44.1 Å². The zero-order chi connectivity index (χ0) is 12.3. The molecule has 2 aromatic rings. The zero-order valence-corrected chi connectivity index (χ0v) is 10.4. The van der Waals surface area contributed by atoms with Crippen LogP contribution in [0.25, 0.3) is 5.69 Å². The second-order valence-corrected chi connectivity index (χ2v) is 4.07. The van der Waals surface area contributed by atoms with E-state index in [0.29, 0.717) is 5.69 Å². The van der Waals surface area contributed by atoms with Crippen LogP contribution in [0.5, 0.6) is 0 Å². The minimum absolute atomic E-state index is 0.387. The van der Waals surface area contributed by atoms with Crippen LogP contribution in [0.15, 0.2) is 41.7 Å². The van der Waals surface area contributed by atoms with Gasteiger partial charge in [0.1, 0.15) is 0 Å². The van der Waals surface area contributed by atoms with Crippen LogP contribution in [0.3, 0.4) is 0 Å². The number of hydrogen-bond acceptors (Lipinski definition) is 4. The molecule has 0 unspecified atom stereocenters. The lowest BCUT2D eigenvalue weighted by molar-refractivity contribution is 0.0591. The van der Waals surface area contributed by atoms with E-state index < -0.39 is 0 Å². The van der Waals surface area contributed by atoms with E-state index in [1.807, 2.05) is 36.6 Å². The van der Waals surface area contributed by atoms with Crippen LogP contribution in [-0.2, 0) is 4.74 Å². The molecule has 5 heteroatoms. The minimum Gasteiger partial charge on any atom is -0.464 e. The van der Waals surface area contributed by atoms with Crippen molar-refractivity contribution in [1.29, 1.82) is 0 Å². The summed E-state index contributed by atoms with van der Waals surface area (Å²) in [5.74, 6) is -0.387. The van der Waals surface area contributed by atoms with Crippen molar-refractivity contribution in [2.45, 2.75) is 5.16 Å². The first-order chi connectivity index (χ1) is 8.27. The van der Waals surface area contributed by atoms with Gasteiger partial charge in [-0.25, -0.2) is 9.78 Å². The van der Waals surface area contributed by atoms with Crippen molar-refractivity contribution >= 4 is 17.7 Å². The van der Waals surface area contributed by atoms with Crippen LogP contribution < -0.4 is 0 Å². The SMILES string of the molecule is COC(=O)c1cnc(SC)n1-c1ccccc1. The zero-order valence-electron chi connectivity index (χ0n) is 9.58. The number of carbonyl (C=O) groups is 1. The van der Waals surface area contributed by atoms with Crippen LogP contribution in [0.2, 0.25) is 0 Å². The number of ether oxygens (including phenoxy) is 1. The van der Waals surface area contributed by atoms with Gasteiger partial charge in [-0.3, -0.25) is 4.57 Å². The van der Waals surface area contributed by atoms with E-state index >= 15 is 0 Å². The largest absolute Gasteiger partial charge is 0.464 e. The third-order valence-electron chi connectivity index (χ3n) is 2.32. The van der Waals surface area contributed by atoms with Crippen LogP contribution >= 0.6 is 11.8 Å². The third kappa shape index (κ3) is 2.19. The number of nitrogens with zero attached hydrogens (tertiary/aromatic N) is 2. The highest BCUT2D eigenvalue weighted by atomic mass is 32.2. The Labute approximate surface area is 104 Å². The Bertz CT molecular complexity index is 523. The van der Waals surface area contributed by atoms with Crippen molar-refractivity contribution < 1.29 is 9.53 Å². The molecule has 0 aliphatic rings. The number of thioether (sulfide) groups is 1. The van der Waals surface area contributed by atoms with Crippen molar-refractivity contribution in [2.24, 2.45) is 0 Å². The van der Waals surface area contributed by atoms with Gasteiger partial charge >= 0.3 is 5.97 Å². The molecule has 1 heterocycles. The van der Waals surface area contributed by atoms with Crippen LogP contribution in [0.1, 0.15) is 10.5 Å². The predicted molar refractivity (Wildman–Crippen MR) is 66.7 cm³/mol. The molecule has 17 heavy (non-hydrogen) atoms. The summed E-state index contributed by atoms with van der Waals surface area (Å²) in [5.41, 5.74) is 1.33. The van der Waals surface area contributed by atoms with Gasteiger partial charge < -0.3 is 4.74 Å². The number of aromatic nitrogens is 2. The summed E-state index contributed by atoms with van der Waals surface area (Å²) in [6, 6.07) is 9.61. The maximum absolute atomic E-state index is 11.6. The molecule has 0 saturated carbocycles. The Hall–Kier alpha value is -1.75. The Morgan fingerprint density at radius 3 is 2.65 bits per heavy atom. The number of methoxy groups -OCH3 is 1. The standard InChI is InChI=1S/C12H12N2O2S/c1-16-11(15)10-8-13-12(17-2)14(10)9-6-4-3-5-7-9/h3-8H,1-2H3. The number of carbonyl (C=O) groups excluding carboxylic acids is 1.